The normalized spacial score (nSPS) is 18.4. The number of aryl methyl sites for hydroxylation is 1. The van der Waals surface area contributed by atoms with E-state index in [4.69, 9.17) is 0 Å². The number of imide groups is 1. The van der Waals surface area contributed by atoms with Gasteiger partial charge < -0.3 is 5.32 Å². The number of carbonyl (C=O) groups is 3. The van der Waals surface area contributed by atoms with Crippen LogP contribution in [0.2, 0.25) is 0 Å². The number of pyridine rings is 1. The summed E-state index contributed by atoms with van der Waals surface area (Å²) < 4.78 is 0. The minimum atomic E-state index is -0.794. The van der Waals surface area contributed by atoms with Crippen LogP contribution in [0.4, 0.5) is 4.79 Å². The molecular weight excluding hydrogens is 354 g/mol. The van der Waals surface area contributed by atoms with Crippen molar-refractivity contribution in [1.29, 1.82) is 0 Å². The second-order valence-corrected chi connectivity index (χ2v) is 7.60. The predicted molar refractivity (Wildman–Crippen MR) is 105 cm³/mol. The largest absolute Gasteiger partial charge is 0.325 e. The Kier molecular flexibility index (Phi) is 4.71. The van der Waals surface area contributed by atoms with Gasteiger partial charge >= 0.3 is 6.03 Å². The van der Waals surface area contributed by atoms with E-state index in [2.05, 4.69) is 10.3 Å². The van der Waals surface area contributed by atoms with Crippen LogP contribution < -0.4 is 5.32 Å². The van der Waals surface area contributed by atoms with Gasteiger partial charge in [-0.2, -0.15) is 0 Å². The molecule has 1 aliphatic heterocycles. The van der Waals surface area contributed by atoms with E-state index >= 15 is 0 Å². The smallest absolute Gasteiger partial charge is 0.323 e. The second kappa shape index (κ2) is 7.19. The van der Waals surface area contributed by atoms with Crippen LogP contribution in [0.1, 0.15) is 48.2 Å². The van der Waals surface area contributed by atoms with Crippen molar-refractivity contribution in [3.8, 4) is 11.1 Å². The highest BCUT2D eigenvalue weighted by Gasteiger charge is 2.51. The van der Waals surface area contributed by atoms with Crippen molar-refractivity contribution in [3.05, 3.63) is 53.9 Å². The van der Waals surface area contributed by atoms with Crippen LogP contribution >= 0.6 is 0 Å². The predicted octanol–water partition coefficient (Wildman–Crippen LogP) is 3.49. The molecular formula is C22H23N3O3. The summed E-state index contributed by atoms with van der Waals surface area (Å²) in [6.45, 7) is 1.71. The topological polar surface area (TPSA) is 79.4 Å². The Labute approximate surface area is 164 Å². The minimum absolute atomic E-state index is 0.225. The zero-order chi connectivity index (χ0) is 19.7. The van der Waals surface area contributed by atoms with E-state index in [1.165, 1.54) is 0 Å². The number of ketones is 1. The summed E-state index contributed by atoms with van der Waals surface area (Å²) in [6, 6.07) is 10.6. The highest BCUT2D eigenvalue weighted by molar-refractivity contribution is 6.11. The average Bonchev–Trinajstić information content (AvgIpc) is 2.93. The Morgan fingerprint density at radius 1 is 1.11 bits per heavy atom. The van der Waals surface area contributed by atoms with Crippen molar-refractivity contribution in [2.75, 3.05) is 6.54 Å². The number of amides is 3. The van der Waals surface area contributed by atoms with Gasteiger partial charge in [-0.25, -0.2) is 4.79 Å². The highest BCUT2D eigenvalue weighted by atomic mass is 16.2. The first-order chi connectivity index (χ1) is 13.5. The van der Waals surface area contributed by atoms with Gasteiger partial charge in [-0.3, -0.25) is 19.5 Å². The molecule has 0 radical (unpaired) electrons. The number of carbonyl (C=O) groups excluding carboxylic acids is 3. The van der Waals surface area contributed by atoms with Crippen molar-refractivity contribution in [2.24, 2.45) is 0 Å². The summed E-state index contributed by atoms with van der Waals surface area (Å²) >= 11 is 0. The lowest BCUT2D eigenvalue weighted by Gasteiger charge is -2.30. The van der Waals surface area contributed by atoms with Crippen molar-refractivity contribution in [2.45, 2.75) is 44.6 Å². The minimum Gasteiger partial charge on any atom is -0.323 e. The van der Waals surface area contributed by atoms with Gasteiger partial charge in [-0.1, -0.05) is 49.6 Å². The third-order valence-electron chi connectivity index (χ3n) is 5.78. The number of aromatic nitrogens is 1. The lowest BCUT2D eigenvalue weighted by Crippen LogP contribution is -2.48. The van der Waals surface area contributed by atoms with Crippen LogP contribution in [-0.4, -0.2) is 39.7 Å². The van der Waals surface area contributed by atoms with Crippen LogP contribution in [0.15, 0.2) is 42.6 Å². The van der Waals surface area contributed by atoms with Gasteiger partial charge in [0.2, 0.25) is 0 Å². The fraction of sp³-hybridized carbons (Fsp3) is 0.364. The third-order valence-corrected chi connectivity index (χ3v) is 5.78. The summed E-state index contributed by atoms with van der Waals surface area (Å²) in [7, 11) is 0. The number of Topliss-reactive ketones (excluding diaryl/α,β-unsaturated/α-hetero) is 1. The molecule has 0 unspecified atom stereocenters. The van der Waals surface area contributed by atoms with Crippen LogP contribution in [-0.2, 0) is 4.79 Å². The van der Waals surface area contributed by atoms with E-state index in [-0.39, 0.29) is 18.2 Å². The molecule has 1 N–H and O–H groups in total. The van der Waals surface area contributed by atoms with E-state index in [0.29, 0.717) is 18.4 Å². The molecule has 2 aromatic rings. The SMILES string of the molecule is Cc1ncccc1-c1ccc(C(=O)CN2C(=O)NC3(CCCCC3)C2=O)cc1. The summed E-state index contributed by atoms with van der Waals surface area (Å²) in [5.74, 6) is -0.501. The van der Waals surface area contributed by atoms with Crippen molar-refractivity contribution in [1.82, 2.24) is 15.2 Å². The second-order valence-electron chi connectivity index (χ2n) is 7.60. The van der Waals surface area contributed by atoms with Crippen LogP contribution in [0.5, 0.6) is 0 Å². The Hall–Kier alpha value is -3.02. The third kappa shape index (κ3) is 3.19. The van der Waals surface area contributed by atoms with Gasteiger partial charge in [0.15, 0.2) is 5.78 Å². The van der Waals surface area contributed by atoms with Gasteiger partial charge in [-0.15, -0.1) is 0 Å². The maximum atomic E-state index is 12.8. The summed E-state index contributed by atoms with van der Waals surface area (Å²) in [5.41, 5.74) is 2.58. The molecule has 3 amide bonds. The number of hydrogen-bond acceptors (Lipinski definition) is 4. The van der Waals surface area contributed by atoms with E-state index < -0.39 is 11.6 Å². The summed E-state index contributed by atoms with van der Waals surface area (Å²) in [6.07, 6.45) is 5.97. The lowest BCUT2D eigenvalue weighted by atomic mass is 9.82. The standard InChI is InChI=1S/C22H23N3O3/c1-15-18(6-5-13-23-15)16-7-9-17(10-8-16)19(26)14-25-20(27)22(24-21(25)28)11-3-2-4-12-22/h5-10,13H,2-4,11-12,14H2,1H3,(H,24,28). The molecule has 1 saturated carbocycles. The van der Waals surface area contributed by atoms with Crippen LogP contribution in [0.3, 0.4) is 0 Å². The lowest BCUT2D eigenvalue weighted by molar-refractivity contribution is -0.132. The van der Waals surface area contributed by atoms with E-state index in [1.807, 2.05) is 31.2 Å². The first kappa shape index (κ1) is 18.3. The molecule has 28 heavy (non-hydrogen) atoms. The fourth-order valence-corrected chi connectivity index (χ4v) is 4.17. The molecule has 144 valence electrons. The molecule has 2 fully saturated rings. The Bertz CT molecular complexity index is 930. The Morgan fingerprint density at radius 3 is 2.50 bits per heavy atom. The molecule has 2 heterocycles. The molecule has 2 aliphatic rings. The molecule has 1 aromatic carbocycles. The number of nitrogens with one attached hydrogen (secondary N) is 1. The number of rotatable bonds is 4. The van der Waals surface area contributed by atoms with Gasteiger partial charge in [0.1, 0.15) is 5.54 Å². The maximum Gasteiger partial charge on any atom is 0.325 e. The number of benzene rings is 1. The number of urea groups is 1. The maximum absolute atomic E-state index is 12.8. The molecule has 4 rings (SSSR count). The van der Waals surface area contributed by atoms with Crippen molar-refractivity contribution < 1.29 is 14.4 Å². The summed E-state index contributed by atoms with van der Waals surface area (Å²) in [4.78, 5) is 43.2. The quantitative estimate of drug-likeness (QED) is 0.653. The molecule has 0 bridgehead atoms. The molecule has 1 saturated heterocycles. The molecule has 6 heteroatoms. The average molecular weight is 377 g/mol. The Balaban J connectivity index is 1.49. The molecule has 0 atom stereocenters. The van der Waals surface area contributed by atoms with E-state index in [9.17, 15) is 14.4 Å². The number of hydrogen-bond donors (Lipinski definition) is 1. The van der Waals surface area contributed by atoms with Gasteiger partial charge in [0.05, 0.1) is 6.54 Å². The fourth-order valence-electron chi connectivity index (χ4n) is 4.17. The van der Waals surface area contributed by atoms with E-state index in [0.717, 1.165) is 41.0 Å². The van der Waals surface area contributed by atoms with Gasteiger partial charge in [-0.05, 0) is 31.4 Å². The van der Waals surface area contributed by atoms with Crippen LogP contribution in [0, 0.1) is 6.92 Å². The molecule has 1 aromatic heterocycles. The monoisotopic (exact) mass is 377 g/mol. The first-order valence-corrected chi connectivity index (χ1v) is 9.69. The molecule has 1 spiro atoms. The van der Waals surface area contributed by atoms with Gasteiger partial charge in [0.25, 0.3) is 5.91 Å². The van der Waals surface area contributed by atoms with E-state index in [1.54, 1.807) is 18.3 Å². The van der Waals surface area contributed by atoms with Crippen molar-refractivity contribution in [3.63, 3.8) is 0 Å². The summed E-state index contributed by atoms with van der Waals surface area (Å²) in [5, 5.41) is 2.84. The first-order valence-electron chi connectivity index (χ1n) is 9.69. The van der Waals surface area contributed by atoms with Crippen molar-refractivity contribution >= 4 is 17.7 Å². The Morgan fingerprint density at radius 2 is 1.82 bits per heavy atom. The molecule has 6 nitrogen and oxygen atoms in total. The zero-order valence-electron chi connectivity index (χ0n) is 15.9. The zero-order valence-corrected chi connectivity index (χ0v) is 15.9. The molecule has 1 aliphatic carbocycles. The van der Waals surface area contributed by atoms with Crippen LogP contribution in [0.25, 0.3) is 11.1 Å². The highest BCUT2D eigenvalue weighted by Crippen LogP contribution is 2.33. The van der Waals surface area contributed by atoms with Gasteiger partial charge in [0, 0.05) is 23.0 Å². The number of nitrogens with zero attached hydrogens (tertiary/aromatic N) is 2.